The molecule has 0 aliphatic rings. The van der Waals surface area contributed by atoms with Crippen LogP contribution in [0.5, 0.6) is 17.2 Å². The number of ether oxygens (including phenoxy) is 3. The van der Waals surface area contributed by atoms with Crippen molar-refractivity contribution in [1.29, 1.82) is 0 Å². The van der Waals surface area contributed by atoms with E-state index in [1.54, 1.807) is 0 Å². The Kier molecular flexibility index (Phi) is 8.31. The Morgan fingerprint density at radius 2 is 1.81 bits per heavy atom. The first-order chi connectivity index (χ1) is 12.8. The van der Waals surface area contributed by atoms with Gasteiger partial charge in [0.1, 0.15) is 5.56 Å². The zero-order chi connectivity index (χ0) is 20.6. The van der Waals surface area contributed by atoms with Gasteiger partial charge in [-0.25, -0.2) is 0 Å². The maximum Gasteiger partial charge on any atom is 0.327 e. The summed E-state index contributed by atoms with van der Waals surface area (Å²) in [6, 6.07) is 1.23. The Morgan fingerprint density at radius 3 is 2.30 bits per heavy atom. The van der Waals surface area contributed by atoms with E-state index in [-0.39, 0.29) is 47.7 Å². The molecule has 10 heteroatoms. The Bertz CT molecular complexity index is 706. The van der Waals surface area contributed by atoms with Crippen molar-refractivity contribution in [2.24, 2.45) is 0 Å². The number of nitrogens with one attached hydrogen (secondary N) is 2. The molecule has 0 saturated heterocycles. The van der Waals surface area contributed by atoms with E-state index in [9.17, 15) is 19.7 Å². The van der Waals surface area contributed by atoms with Gasteiger partial charge in [-0.2, -0.15) is 0 Å². The van der Waals surface area contributed by atoms with E-state index in [0.717, 1.165) is 6.42 Å². The van der Waals surface area contributed by atoms with Crippen LogP contribution in [0.15, 0.2) is 6.07 Å². The highest BCUT2D eigenvalue weighted by Crippen LogP contribution is 2.46. The van der Waals surface area contributed by atoms with Crippen molar-refractivity contribution in [3.05, 3.63) is 21.7 Å². The first-order valence-corrected chi connectivity index (χ1v) is 8.35. The highest BCUT2D eigenvalue weighted by atomic mass is 16.6. The van der Waals surface area contributed by atoms with Gasteiger partial charge in [0.25, 0.3) is 5.91 Å². The number of nitrogens with zero attached hydrogens (tertiary/aromatic N) is 1. The highest BCUT2D eigenvalue weighted by molar-refractivity contribution is 6.00. The average Bonchev–Trinajstić information content (AvgIpc) is 2.65. The molecule has 1 unspecified atom stereocenters. The molecule has 0 bridgehead atoms. The fraction of sp³-hybridized carbons (Fsp3) is 0.529. The molecule has 0 aliphatic carbocycles. The SMILES string of the molecule is CCC(C)NC(=O)CCNC(=O)c1cc(OC)c(OC)c(OC)c1[N+](=O)[O-]. The lowest BCUT2D eigenvalue weighted by atomic mass is 10.1. The van der Waals surface area contributed by atoms with Gasteiger partial charge in [0.2, 0.25) is 17.4 Å². The molecule has 0 aromatic heterocycles. The van der Waals surface area contributed by atoms with Gasteiger partial charge in [0.05, 0.1) is 26.3 Å². The molecule has 27 heavy (non-hydrogen) atoms. The second-order valence-corrected chi connectivity index (χ2v) is 5.68. The second kappa shape index (κ2) is 10.2. The Hall–Kier alpha value is -3.04. The van der Waals surface area contributed by atoms with Crippen molar-refractivity contribution >= 4 is 17.5 Å². The smallest absolute Gasteiger partial charge is 0.327 e. The number of hydrogen-bond acceptors (Lipinski definition) is 7. The molecule has 0 heterocycles. The third kappa shape index (κ3) is 5.47. The molecule has 0 radical (unpaired) electrons. The number of rotatable bonds is 10. The first-order valence-electron chi connectivity index (χ1n) is 8.35. The van der Waals surface area contributed by atoms with Gasteiger partial charge in [-0.15, -0.1) is 0 Å². The van der Waals surface area contributed by atoms with Crippen LogP contribution < -0.4 is 24.8 Å². The molecule has 0 fully saturated rings. The van der Waals surface area contributed by atoms with E-state index in [1.165, 1.54) is 27.4 Å². The van der Waals surface area contributed by atoms with Gasteiger partial charge in [-0.1, -0.05) is 6.92 Å². The number of benzene rings is 1. The summed E-state index contributed by atoms with van der Waals surface area (Å²) in [5.41, 5.74) is -0.798. The number of methoxy groups -OCH3 is 3. The number of nitro benzene ring substituents is 1. The second-order valence-electron chi connectivity index (χ2n) is 5.68. The summed E-state index contributed by atoms with van der Waals surface area (Å²) >= 11 is 0. The van der Waals surface area contributed by atoms with Crippen molar-refractivity contribution in [1.82, 2.24) is 10.6 Å². The molecule has 1 rings (SSSR count). The molecule has 0 spiro atoms. The normalized spacial score (nSPS) is 11.3. The summed E-state index contributed by atoms with van der Waals surface area (Å²) in [6.07, 6.45) is 0.837. The molecular weight excluding hydrogens is 358 g/mol. The highest BCUT2D eigenvalue weighted by Gasteiger charge is 2.32. The van der Waals surface area contributed by atoms with Crippen LogP contribution in [-0.4, -0.2) is 50.7 Å². The fourth-order valence-corrected chi connectivity index (χ4v) is 2.33. The van der Waals surface area contributed by atoms with Crippen LogP contribution in [0, 0.1) is 10.1 Å². The molecular formula is C17H25N3O7. The molecule has 10 nitrogen and oxygen atoms in total. The Morgan fingerprint density at radius 1 is 1.19 bits per heavy atom. The van der Waals surface area contributed by atoms with Crippen molar-refractivity contribution < 1.29 is 28.7 Å². The van der Waals surface area contributed by atoms with E-state index in [0.29, 0.717) is 0 Å². The topological polar surface area (TPSA) is 129 Å². The van der Waals surface area contributed by atoms with Gasteiger partial charge in [0, 0.05) is 25.1 Å². The van der Waals surface area contributed by atoms with Crippen LogP contribution in [0.25, 0.3) is 0 Å². The molecule has 1 aromatic rings. The zero-order valence-corrected chi connectivity index (χ0v) is 16.1. The summed E-state index contributed by atoms with van der Waals surface area (Å²) < 4.78 is 15.3. The molecule has 1 atom stereocenters. The van der Waals surface area contributed by atoms with Crippen molar-refractivity contribution in [2.45, 2.75) is 32.7 Å². The summed E-state index contributed by atoms with van der Waals surface area (Å²) in [5.74, 6) is -1.04. The Balaban J connectivity index is 3.05. The molecule has 1 aromatic carbocycles. The summed E-state index contributed by atoms with van der Waals surface area (Å²) in [6.45, 7) is 3.83. The van der Waals surface area contributed by atoms with Gasteiger partial charge in [-0.3, -0.25) is 19.7 Å². The van der Waals surface area contributed by atoms with Gasteiger partial charge < -0.3 is 24.8 Å². The summed E-state index contributed by atoms with van der Waals surface area (Å²) in [5, 5.41) is 16.8. The van der Waals surface area contributed by atoms with E-state index < -0.39 is 16.5 Å². The van der Waals surface area contributed by atoms with Crippen LogP contribution >= 0.6 is 0 Å². The third-order valence-electron chi connectivity index (χ3n) is 3.89. The number of carbonyl (C=O) groups is 2. The summed E-state index contributed by atoms with van der Waals surface area (Å²) in [4.78, 5) is 35.0. The third-order valence-corrected chi connectivity index (χ3v) is 3.89. The molecule has 0 aliphatic heterocycles. The maximum absolute atomic E-state index is 12.5. The van der Waals surface area contributed by atoms with Gasteiger partial charge in [-0.05, 0) is 13.3 Å². The van der Waals surface area contributed by atoms with Crippen LogP contribution in [0.3, 0.4) is 0 Å². The Labute approximate surface area is 157 Å². The molecule has 0 saturated carbocycles. The molecule has 2 N–H and O–H groups in total. The predicted octanol–water partition coefficient (Wildman–Crippen LogP) is 1.66. The maximum atomic E-state index is 12.5. The predicted molar refractivity (Wildman–Crippen MR) is 97.6 cm³/mol. The average molecular weight is 383 g/mol. The number of nitro groups is 1. The van der Waals surface area contributed by atoms with Crippen molar-refractivity contribution in [3.63, 3.8) is 0 Å². The van der Waals surface area contributed by atoms with Crippen LogP contribution in [0.1, 0.15) is 37.0 Å². The first kappa shape index (κ1) is 22.0. The van der Waals surface area contributed by atoms with E-state index in [1.807, 2.05) is 13.8 Å². The standard InChI is InChI=1S/C17H25N3O7/c1-6-10(2)19-13(21)7-8-18-17(22)11-9-12(25-3)15(26-4)16(27-5)14(11)20(23)24/h9-10H,6-8H2,1-5H3,(H,18,22)(H,19,21). The summed E-state index contributed by atoms with van der Waals surface area (Å²) in [7, 11) is 3.87. The molecule has 150 valence electrons. The number of hydrogen-bond donors (Lipinski definition) is 2. The minimum atomic E-state index is -0.731. The minimum Gasteiger partial charge on any atom is -0.493 e. The van der Waals surface area contributed by atoms with Crippen LogP contribution in [-0.2, 0) is 4.79 Å². The largest absolute Gasteiger partial charge is 0.493 e. The van der Waals surface area contributed by atoms with Crippen molar-refractivity contribution in [2.75, 3.05) is 27.9 Å². The lowest BCUT2D eigenvalue weighted by Gasteiger charge is -2.15. The van der Waals surface area contributed by atoms with E-state index in [2.05, 4.69) is 10.6 Å². The van der Waals surface area contributed by atoms with E-state index in [4.69, 9.17) is 14.2 Å². The lowest BCUT2D eigenvalue weighted by molar-refractivity contribution is -0.386. The van der Waals surface area contributed by atoms with Gasteiger partial charge in [0.15, 0.2) is 5.75 Å². The monoisotopic (exact) mass is 383 g/mol. The van der Waals surface area contributed by atoms with Gasteiger partial charge >= 0.3 is 5.69 Å². The molecule has 2 amide bonds. The fourth-order valence-electron chi connectivity index (χ4n) is 2.33. The number of carbonyl (C=O) groups excluding carboxylic acids is 2. The minimum absolute atomic E-state index is 0.0104. The lowest BCUT2D eigenvalue weighted by Crippen LogP contribution is -2.35. The zero-order valence-electron chi connectivity index (χ0n) is 16.1. The van der Waals surface area contributed by atoms with Crippen molar-refractivity contribution in [3.8, 4) is 17.2 Å². The quantitative estimate of drug-likeness (QED) is 0.464. The van der Waals surface area contributed by atoms with Crippen LogP contribution in [0.4, 0.5) is 5.69 Å². The number of amides is 2. The van der Waals surface area contributed by atoms with E-state index >= 15 is 0 Å². The van der Waals surface area contributed by atoms with Crippen LogP contribution in [0.2, 0.25) is 0 Å².